The first-order valence-electron chi connectivity index (χ1n) is 5.19. The minimum atomic E-state index is 0.151. The van der Waals surface area contributed by atoms with Gasteiger partial charge in [-0.25, -0.2) is 0 Å². The van der Waals surface area contributed by atoms with Crippen LogP contribution in [0.1, 0.15) is 39.0 Å². The Hall–Kier alpha value is -0.570. The fourth-order valence-corrected chi connectivity index (χ4v) is 1.80. The van der Waals surface area contributed by atoms with E-state index in [9.17, 15) is 4.79 Å². The second-order valence-electron chi connectivity index (χ2n) is 4.08. The Morgan fingerprint density at radius 2 is 2.23 bits per heavy atom. The fraction of sp³-hybridized carbons (Fsp3) is 0.900. The Balaban J connectivity index is 2.25. The van der Waals surface area contributed by atoms with Crippen molar-refractivity contribution in [3.8, 4) is 0 Å². The van der Waals surface area contributed by atoms with Crippen LogP contribution in [0.5, 0.6) is 0 Å². The molecule has 1 aliphatic carbocycles. The normalized spacial score (nSPS) is 19.2. The highest BCUT2D eigenvalue weighted by Gasteiger charge is 2.37. The summed E-state index contributed by atoms with van der Waals surface area (Å²) >= 11 is 0. The Morgan fingerprint density at radius 3 is 2.62 bits per heavy atom. The van der Waals surface area contributed by atoms with Crippen molar-refractivity contribution in [1.29, 1.82) is 0 Å². The van der Waals surface area contributed by atoms with E-state index < -0.39 is 0 Å². The molecule has 76 valence electrons. The first-order valence-corrected chi connectivity index (χ1v) is 5.19. The van der Waals surface area contributed by atoms with Crippen molar-refractivity contribution in [2.75, 3.05) is 13.1 Å². The van der Waals surface area contributed by atoms with Crippen molar-refractivity contribution in [2.24, 2.45) is 11.1 Å². The van der Waals surface area contributed by atoms with E-state index in [2.05, 4.69) is 12.2 Å². The van der Waals surface area contributed by atoms with Crippen molar-refractivity contribution < 1.29 is 4.79 Å². The van der Waals surface area contributed by atoms with Gasteiger partial charge in [0, 0.05) is 13.0 Å². The number of amides is 1. The predicted octanol–water partition coefficient (Wildman–Crippen LogP) is 1.03. The summed E-state index contributed by atoms with van der Waals surface area (Å²) in [6, 6.07) is 0. The third-order valence-corrected chi connectivity index (χ3v) is 2.95. The summed E-state index contributed by atoms with van der Waals surface area (Å²) in [6.45, 7) is 3.51. The van der Waals surface area contributed by atoms with Gasteiger partial charge in [0.1, 0.15) is 0 Å². The van der Waals surface area contributed by atoms with Gasteiger partial charge in [-0.05, 0) is 31.2 Å². The van der Waals surface area contributed by atoms with E-state index in [4.69, 9.17) is 5.73 Å². The van der Waals surface area contributed by atoms with Crippen LogP contribution in [-0.2, 0) is 4.79 Å². The molecule has 1 aliphatic rings. The lowest BCUT2D eigenvalue weighted by Gasteiger charge is -2.40. The van der Waals surface area contributed by atoms with Gasteiger partial charge in [-0.3, -0.25) is 4.79 Å². The van der Waals surface area contributed by atoms with Crippen LogP contribution >= 0.6 is 0 Å². The van der Waals surface area contributed by atoms with Crippen molar-refractivity contribution in [3.05, 3.63) is 0 Å². The molecule has 0 spiro atoms. The summed E-state index contributed by atoms with van der Waals surface area (Å²) in [4.78, 5) is 11.4. The summed E-state index contributed by atoms with van der Waals surface area (Å²) in [5, 5.41) is 2.90. The number of carbonyl (C=O) groups is 1. The van der Waals surface area contributed by atoms with Gasteiger partial charge in [-0.1, -0.05) is 13.3 Å². The van der Waals surface area contributed by atoms with E-state index in [-0.39, 0.29) is 11.3 Å². The molecule has 0 atom stereocenters. The van der Waals surface area contributed by atoms with E-state index in [1.165, 1.54) is 6.42 Å². The molecule has 0 heterocycles. The molecule has 0 unspecified atom stereocenters. The molecule has 1 fully saturated rings. The molecule has 0 aromatic heterocycles. The average molecular weight is 184 g/mol. The van der Waals surface area contributed by atoms with Gasteiger partial charge in [0.25, 0.3) is 0 Å². The second kappa shape index (κ2) is 4.61. The third-order valence-electron chi connectivity index (χ3n) is 2.95. The molecule has 3 N–H and O–H groups in total. The van der Waals surface area contributed by atoms with Crippen LogP contribution in [-0.4, -0.2) is 19.0 Å². The zero-order valence-corrected chi connectivity index (χ0v) is 8.44. The number of hydrogen-bond donors (Lipinski definition) is 2. The van der Waals surface area contributed by atoms with Gasteiger partial charge < -0.3 is 11.1 Å². The van der Waals surface area contributed by atoms with Crippen LogP contribution in [0.2, 0.25) is 0 Å². The molecule has 1 rings (SSSR count). The van der Waals surface area contributed by atoms with Gasteiger partial charge in [0.15, 0.2) is 0 Å². The lowest BCUT2D eigenvalue weighted by atomic mass is 9.66. The molecule has 1 amide bonds. The molecule has 13 heavy (non-hydrogen) atoms. The maximum Gasteiger partial charge on any atom is 0.220 e. The number of nitrogens with two attached hydrogens (primary N) is 1. The van der Waals surface area contributed by atoms with E-state index in [1.807, 2.05) is 0 Å². The van der Waals surface area contributed by atoms with Crippen molar-refractivity contribution >= 4 is 5.91 Å². The molecule has 0 saturated heterocycles. The monoisotopic (exact) mass is 184 g/mol. The number of hydrogen-bond acceptors (Lipinski definition) is 2. The number of nitrogens with one attached hydrogen (secondary N) is 1. The highest BCUT2D eigenvalue weighted by molar-refractivity contribution is 5.76. The largest absolute Gasteiger partial charge is 0.356 e. The van der Waals surface area contributed by atoms with Crippen LogP contribution in [0.4, 0.5) is 0 Å². The Morgan fingerprint density at radius 1 is 1.54 bits per heavy atom. The van der Waals surface area contributed by atoms with Crippen LogP contribution in [0, 0.1) is 5.41 Å². The second-order valence-corrected chi connectivity index (χ2v) is 4.08. The average Bonchev–Trinajstić information content (AvgIpc) is 2.08. The van der Waals surface area contributed by atoms with Gasteiger partial charge >= 0.3 is 0 Å². The van der Waals surface area contributed by atoms with Gasteiger partial charge in [0.2, 0.25) is 5.91 Å². The summed E-state index contributed by atoms with van der Waals surface area (Å²) in [6.07, 6.45) is 5.12. The maximum absolute atomic E-state index is 11.4. The summed E-state index contributed by atoms with van der Waals surface area (Å²) in [7, 11) is 0. The zero-order valence-electron chi connectivity index (χ0n) is 8.44. The Labute approximate surface area is 80.1 Å². The summed E-state index contributed by atoms with van der Waals surface area (Å²) in [5.74, 6) is 0.173. The highest BCUT2D eigenvalue weighted by Crippen LogP contribution is 2.42. The maximum atomic E-state index is 11.4. The Kier molecular flexibility index (Phi) is 3.72. The molecule has 0 bridgehead atoms. The third kappa shape index (κ3) is 2.69. The lowest BCUT2D eigenvalue weighted by Crippen LogP contribution is -2.42. The molecule has 0 aromatic rings. The SMILES string of the molecule is CCCNC(=O)CC1(CN)CCC1. The highest BCUT2D eigenvalue weighted by atomic mass is 16.1. The number of rotatable bonds is 5. The molecule has 1 saturated carbocycles. The van der Waals surface area contributed by atoms with Crippen molar-refractivity contribution in [2.45, 2.75) is 39.0 Å². The van der Waals surface area contributed by atoms with Crippen molar-refractivity contribution in [1.82, 2.24) is 5.32 Å². The molecule has 3 nitrogen and oxygen atoms in total. The van der Waals surface area contributed by atoms with Crippen molar-refractivity contribution in [3.63, 3.8) is 0 Å². The van der Waals surface area contributed by atoms with E-state index >= 15 is 0 Å². The molecule has 0 radical (unpaired) electrons. The predicted molar refractivity (Wildman–Crippen MR) is 53.3 cm³/mol. The molecule has 3 heteroatoms. The van der Waals surface area contributed by atoms with Gasteiger partial charge in [-0.15, -0.1) is 0 Å². The smallest absolute Gasteiger partial charge is 0.220 e. The zero-order chi connectivity index (χ0) is 9.73. The first kappa shape index (κ1) is 10.5. The molecular weight excluding hydrogens is 164 g/mol. The summed E-state index contributed by atoms with van der Waals surface area (Å²) < 4.78 is 0. The standard InChI is InChI=1S/C10H20N2O/c1-2-6-12-9(13)7-10(8-11)4-3-5-10/h2-8,11H2,1H3,(H,12,13). The van der Waals surface area contributed by atoms with Crippen LogP contribution in [0.15, 0.2) is 0 Å². The van der Waals surface area contributed by atoms with Gasteiger partial charge in [-0.2, -0.15) is 0 Å². The van der Waals surface area contributed by atoms with E-state index in [1.54, 1.807) is 0 Å². The quantitative estimate of drug-likeness (QED) is 0.670. The molecule has 0 aliphatic heterocycles. The molecular formula is C10H20N2O. The van der Waals surface area contributed by atoms with E-state index in [0.29, 0.717) is 13.0 Å². The lowest BCUT2D eigenvalue weighted by molar-refractivity contribution is -0.124. The number of carbonyl (C=O) groups excluding carboxylic acids is 1. The van der Waals surface area contributed by atoms with Gasteiger partial charge in [0.05, 0.1) is 0 Å². The Bertz CT molecular complexity index is 170. The summed E-state index contributed by atoms with van der Waals surface area (Å²) in [5.41, 5.74) is 5.82. The van der Waals surface area contributed by atoms with E-state index in [0.717, 1.165) is 25.8 Å². The van der Waals surface area contributed by atoms with Crippen LogP contribution in [0.25, 0.3) is 0 Å². The first-order chi connectivity index (χ1) is 6.22. The topological polar surface area (TPSA) is 55.1 Å². The minimum Gasteiger partial charge on any atom is -0.356 e. The van der Waals surface area contributed by atoms with Crippen LogP contribution in [0.3, 0.4) is 0 Å². The minimum absolute atomic E-state index is 0.151. The molecule has 0 aromatic carbocycles. The fourth-order valence-electron chi connectivity index (χ4n) is 1.80. The van der Waals surface area contributed by atoms with Crippen LogP contribution < -0.4 is 11.1 Å².